The lowest BCUT2D eigenvalue weighted by Crippen LogP contribution is -2.28. The average molecular weight is 729 g/mol. The number of aromatic nitrogens is 2. The summed E-state index contributed by atoms with van der Waals surface area (Å²) in [4.78, 5) is 9.57. The number of hydrogen-bond acceptors (Lipinski definition) is 3. The Labute approximate surface area is 328 Å². The van der Waals surface area contributed by atoms with Crippen LogP contribution < -0.4 is 0 Å². The first kappa shape index (κ1) is 31.4. The van der Waals surface area contributed by atoms with Crippen LogP contribution in [-0.4, -0.2) is 9.97 Å². The van der Waals surface area contributed by atoms with Gasteiger partial charge < -0.3 is 0 Å². The Bertz CT molecular complexity index is 3290. The maximum atomic E-state index is 4.81. The monoisotopic (exact) mass is 728 g/mol. The van der Waals surface area contributed by atoms with Crippen molar-refractivity contribution >= 4 is 64.1 Å². The molecule has 12 rings (SSSR count). The predicted octanol–water partition coefficient (Wildman–Crippen LogP) is 14.0. The highest BCUT2D eigenvalue weighted by Gasteiger charge is 2.46. The third-order valence-corrected chi connectivity index (χ3v) is 13.2. The van der Waals surface area contributed by atoms with Crippen molar-refractivity contribution in [3.8, 4) is 33.4 Å². The van der Waals surface area contributed by atoms with Crippen LogP contribution in [0.3, 0.4) is 0 Å². The Kier molecular flexibility index (Phi) is 6.75. The van der Waals surface area contributed by atoms with E-state index in [2.05, 4.69) is 182 Å². The van der Waals surface area contributed by atoms with Crippen molar-refractivity contribution in [2.75, 3.05) is 0 Å². The van der Waals surface area contributed by atoms with Gasteiger partial charge in [-0.05, 0) is 103 Å². The minimum atomic E-state index is -0.534. The minimum absolute atomic E-state index is 0.534. The van der Waals surface area contributed by atoms with Crippen molar-refractivity contribution in [2.24, 2.45) is 0 Å². The maximum Gasteiger partial charge on any atom is 0.0971 e. The Balaban J connectivity index is 1.10. The van der Waals surface area contributed by atoms with Crippen LogP contribution >= 0.6 is 11.3 Å². The summed E-state index contributed by atoms with van der Waals surface area (Å²) in [7, 11) is 0. The summed E-state index contributed by atoms with van der Waals surface area (Å²) in [5, 5.41) is 7.26. The van der Waals surface area contributed by atoms with E-state index < -0.39 is 5.41 Å². The van der Waals surface area contributed by atoms with Gasteiger partial charge in [-0.25, -0.2) is 0 Å². The third kappa shape index (κ3) is 4.43. The second kappa shape index (κ2) is 12.0. The summed E-state index contributed by atoms with van der Waals surface area (Å²) in [5.41, 5.74) is 13.8. The zero-order chi connectivity index (χ0) is 36.8. The molecule has 2 nitrogen and oxygen atoms in total. The van der Waals surface area contributed by atoms with Gasteiger partial charge in [0.25, 0.3) is 0 Å². The normalized spacial score (nSPS) is 13.1. The molecule has 56 heavy (non-hydrogen) atoms. The van der Waals surface area contributed by atoms with Gasteiger partial charge in [0, 0.05) is 43.3 Å². The fourth-order valence-corrected chi connectivity index (χ4v) is 10.6. The molecular formula is C53H32N2S. The highest BCUT2D eigenvalue weighted by Crippen LogP contribution is 2.57. The Hall–Kier alpha value is -6.94. The van der Waals surface area contributed by atoms with Crippen LogP contribution in [-0.2, 0) is 5.41 Å². The number of rotatable bonds is 4. The summed E-state index contributed by atoms with van der Waals surface area (Å²) in [6.07, 6.45) is 3.58. The second-order valence-electron chi connectivity index (χ2n) is 14.9. The first-order valence-corrected chi connectivity index (χ1v) is 19.9. The number of nitrogens with zero attached hydrogens (tertiary/aromatic N) is 2. The molecule has 9 aromatic carbocycles. The highest BCUT2D eigenvalue weighted by molar-refractivity contribution is 7.25. The average Bonchev–Trinajstić information content (AvgIpc) is 3.79. The van der Waals surface area contributed by atoms with Crippen molar-refractivity contribution in [2.45, 2.75) is 5.41 Å². The van der Waals surface area contributed by atoms with Crippen molar-refractivity contribution in [3.63, 3.8) is 0 Å². The molecule has 2 heterocycles. The quantitative estimate of drug-likeness (QED) is 0.169. The van der Waals surface area contributed by atoms with E-state index in [0.29, 0.717) is 0 Å². The third-order valence-electron chi connectivity index (χ3n) is 12.0. The first-order valence-electron chi connectivity index (χ1n) is 19.1. The second-order valence-corrected chi connectivity index (χ2v) is 16.0. The zero-order valence-corrected chi connectivity index (χ0v) is 31.1. The highest BCUT2D eigenvalue weighted by atomic mass is 32.1. The predicted molar refractivity (Wildman–Crippen MR) is 236 cm³/mol. The van der Waals surface area contributed by atoms with Gasteiger partial charge in [-0.2, -0.15) is 0 Å². The maximum absolute atomic E-state index is 4.81. The van der Waals surface area contributed by atoms with Crippen molar-refractivity contribution < 1.29 is 0 Å². The summed E-state index contributed by atoms with van der Waals surface area (Å²) >= 11 is 1.87. The Morgan fingerprint density at radius 2 is 0.804 bits per heavy atom. The van der Waals surface area contributed by atoms with Gasteiger partial charge in [0.2, 0.25) is 0 Å². The van der Waals surface area contributed by atoms with Gasteiger partial charge in [-0.15, -0.1) is 11.3 Å². The van der Waals surface area contributed by atoms with Gasteiger partial charge >= 0.3 is 0 Å². The molecule has 0 amide bonds. The van der Waals surface area contributed by atoms with E-state index >= 15 is 0 Å². The smallest absolute Gasteiger partial charge is 0.0971 e. The molecule has 3 heteroatoms. The van der Waals surface area contributed by atoms with Gasteiger partial charge in [-0.1, -0.05) is 146 Å². The summed E-state index contributed by atoms with van der Waals surface area (Å²) in [6, 6.07) is 67.6. The van der Waals surface area contributed by atoms with Crippen molar-refractivity contribution in [1.29, 1.82) is 0 Å². The molecule has 260 valence electrons. The van der Waals surface area contributed by atoms with E-state index in [-0.39, 0.29) is 0 Å². The molecule has 0 spiro atoms. The topological polar surface area (TPSA) is 25.8 Å². The standard InChI is InChI=1S/C53H32N2S/c1-3-11-37(12-4-1)53(38-13-5-2-6-14-38)47-31-35(33-21-25-44-45(29-33)39-15-7-8-17-43(39)51-52(44)55-28-27-54-51)19-23-40(47)41-24-20-36(32-48(41)53)34-22-26-50-46(30-34)42-16-9-10-18-49(42)56-50/h1-32H. The molecule has 1 aliphatic rings. The van der Waals surface area contributed by atoms with Crippen LogP contribution in [0, 0.1) is 0 Å². The van der Waals surface area contributed by atoms with E-state index in [1.807, 2.05) is 11.3 Å². The summed E-state index contributed by atoms with van der Waals surface area (Å²) in [5.74, 6) is 0. The lowest BCUT2D eigenvalue weighted by molar-refractivity contribution is 0.769. The van der Waals surface area contributed by atoms with Crippen molar-refractivity contribution in [3.05, 3.63) is 217 Å². The fourth-order valence-electron chi connectivity index (χ4n) is 9.56. The number of thiophene rings is 1. The lowest BCUT2D eigenvalue weighted by atomic mass is 9.67. The molecule has 2 aromatic heterocycles. The molecule has 0 radical (unpaired) electrons. The summed E-state index contributed by atoms with van der Waals surface area (Å²) < 4.78 is 2.65. The van der Waals surface area contributed by atoms with E-state index in [0.717, 1.165) is 21.8 Å². The molecular weight excluding hydrogens is 697 g/mol. The lowest BCUT2D eigenvalue weighted by Gasteiger charge is -2.34. The number of fused-ring (bicyclic) bond motifs is 12. The summed E-state index contributed by atoms with van der Waals surface area (Å²) in [6.45, 7) is 0. The van der Waals surface area contributed by atoms with E-state index in [1.165, 1.54) is 86.6 Å². The number of hydrogen-bond donors (Lipinski definition) is 0. The van der Waals surface area contributed by atoms with Gasteiger partial charge in [-0.3, -0.25) is 9.97 Å². The van der Waals surface area contributed by atoms with E-state index in [4.69, 9.17) is 9.97 Å². The van der Waals surface area contributed by atoms with Crippen molar-refractivity contribution in [1.82, 2.24) is 9.97 Å². The van der Waals surface area contributed by atoms with Crippen LogP contribution in [0.4, 0.5) is 0 Å². The van der Waals surface area contributed by atoms with Gasteiger partial charge in [0.1, 0.15) is 0 Å². The van der Waals surface area contributed by atoms with Gasteiger partial charge in [0.15, 0.2) is 0 Å². The molecule has 0 N–H and O–H groups in total. The van der Waals surface area contributed by atoms with Crippen LogP contribution in [0.1, 0.15) is 22.3 Å². The largest absolute Gasteiger partial charge is 0.252 e. The molecule has 0 unspecified atom stereocenters. The van der Waals surface area contributed by atoms with E-state index in [9.17, 15) is 0 Å². The fraction of sp³-hybridized carbons (Fsp3) is 0.0189. The van der Waals surface area contributed by atoms with Crippen LogP contribution in [0.2, 0.25) is 0 Å². The van der Waals surface area contributed by atoms with Gasteiger partial charge in [0.05, 0.1) is 16.4 Å². The minimum Gasteiger partial charge on any atom is -0.252 e. The molecule has 1 aliphatic carbocycles. The number of benzene rings is 9. The molecule has 0 atom stereocenters. The SMILES string of the molecule is c1ccc(C2(c3ccccc3)c3cc(-c4ccc5sc6ccccc6c5c4)ccc3-c3ccc(-c4ccc5c(c4)c4ccccc4c4nccnc54)cc32)cc1. The Morgan fingerprint density at radius 1 is 0.339 bits per heavy atom. The molecule has 0 aliphatic heterocycles. The van der Waals surface area contributed by atoms with Crippen LogP contribution in [0.5, 0.6) is 0 Å². The molecule has 0 bridgehead atoms. The molecule has 11 aromatic rings. The molecule has 0 saturated heterocycles. The first-order chi connectivity index (χ1) is 27.8. The molecule has 0 saturated carbocycles. The Morgan fingerprint density at radius 3 is 1.45 bits per heavy atom. The van der Waals surface area contributed by atoms with Crippen LogP contribution in [0.25, 0.3) is 86.1 Å². The molecule has 0 fully saturated rings. The van der Waals surface area contributed by atoms with E-state index in [1.54, 1.807) is 12.4 Å². The van der Waals surface area contributed by atoms with Crippen LogP contribution in [0.15, 0.2) is 194 Å². The zero-order valence-electron chi connectivity index (χ0n) is 30.3.